The molecule has 0 saturated carbocycles. The van der Waals surface area contributed by atoms with Gasteiger partial charge in [0.25, 0.3) is 0 Å². The Hall–Kier alpha value is -1.97. The molecule has 1 fully saturated rings. The summed E-state index contributed by atoms with van der Waals surface area (Å²) in [5.41, 5.74) is 0.698. The van der Waals surface area contributed by atoms with Crippen LogP contribution in [0.5, 0.6) is 5.75 Å². The topological polar surface area (TPSA) is 75.7 Å². The summed E-state index contributed by atoms with van der Waals surface area (Å²) in [7, 11) is -1.70. The number of carbonyl (C=O) groups is 1. The van der Waals surface area contributed by atoms with Gasteiger partial charge in [0.15, 0.2) is 21.4 Å². The average molecular weight is 441 g/mol. The lowest BCUT2D eigenvalue weighted by Crippen LogP contribution is -2.45. The molecule has 3 rings (SSSR count). The third-order valence-electron chi connectivity index (χ3n) is 5.11. The number of ether oxygens (including phenoxy) is 1. The Morgan fingerprint density at radius 3 is 2.79 bits per heavy atom. The molecule has 0 bridgehead atoms. The molecule has 1 aromatic carbocycles. The summed E-state index contributed by atoms with van der Waals surface area (Å²) in [5.74, 6) is -0.340. The maximum absolute atomic E-state index is 13.9. The number of benzene rings is 1. The Labute approximate surface area is 174 Å². The first-order valence-electron chi connectivity index (χ1n) is 9.38. The lowest BCUT2D eigenvalue weighted by molar-refractivity contribution is -0.132. The predicted molar refractivity (Wildman–Crippen MR) is 111 cm³/mol. The number of hydrogen-bond donors (Lipinski definition) is 1. The summed E-state index contributed by atoms with van der Waals surface area (Å²) in [4.78, 5) is 15.6. The van der Waals surface area contributed by atoms with Crippen LogP contribution in [0.2, 0.25) is 0 Å². The van der Waals surface area contributed by atoms with E-state index in [2.05, 4.69) is 5.32 Å². The zero-order valence-corrected chi connectivity index (χ0v) is 18.1. The van der Waals surface area contributed by atoms with Gasteiger partial charge in [-0.15, -0.1) is 11.3 Å². The van der Waals surface area contributed by atoms with E-state index in [9.17, 15) is 17.6 Å². The molecule has 6 nitrogen and oxygen atoms in total. The molecule has 2 unspecified atom stereocenters. The van der Waals surface area contributed by atoms with Crippen LogP contribution in [0.15, 0.2) is 35.7 Å². The van der Waals surface area contributed by atoms with Gasteiger partial charge >= 0.3 is 0 Å². The van der Waals surface area contributed by atoms with Crippen LogP contribution in [-0.4, -0.2) is 50.4 Å². The van der Waals surface area contributed by atoms with Crippen LogP contribution in [-0.2, 0) is 21.2 Å². The van der Waals surface area contributed by atoms with E-state index in [4.69, 9.17) is 4.74 Å². The first-order chi connectivity index (χ1) is 13.8. The number of rotatable bonds is 8. The molecule has 158 valence electrons. The number of halogens is 1. The molecule has 0 spiro atoms. The van der Waals surface area contributed by atoms with Gasteiger partial charge in [-0.2, -0.15) is 0 Å². The number of nitrogens with one attached hydrogen (secondary N) is 1. The number of hydrogen-bond acceptors (Lipinski definition) is 6. The van der Waals surface area contributed by atoms with Crippen molar-refractivity contribution in [3.8, 4) is 5.75 Å². The van der Waals surface area contributed by atoms with E-state index in [1.54, 1.807) is 17.0 Å². The van der Waals surface area contributed by atoms with Crippen LogP contribution in [0.1, 0.15) is 29.8 Å². The van der Waals surface area contributed by atoms with Gasteiger partial charge in [0, 0.05) is 17.0 Å². The first kappa shape index (κ1) is 21.7. The Bertz CT molecular complexity index is 947. The molecule has 29 heavy (non-hydrogen) atoms. The lowest BCUT2D eigenvalue weighted by atomic mass is 10.1. The fraction of sp³-hybridized carbons (Fsp3) is 0.450. The maximum atomic E-state index is 13.9. The normalized spacial score (nSPS) is 19.1. The van der Waals surface area contributed by atoms with E-state index in [-0.39, 0.29) is 41.8 Å². The van der Waals surface area contributed by atoms with Crippen molar-refractivity contribution in [3.63, 3.8) is 0 Å². The Morgan fingerprint density at radius 1 is 1.41 bits per heavy atom. The minimum absolute atomic E-state index is 0.00333. The van der Waals surface area contributed by atoms with Crippen LogP contribution in [0.3, 0.4) is 0 Å². The van der Waals surface area contributed by atoms with Crippen molar-refractivity contribution in [3.05, 3.63) is 52.0 Å². The minimum Gasteiger partial charge on any atom is -0.494 e. The number of nitrogens with zero attached hydrogens (tertiary/aromatic N) is 1. The Kier molecular flexibility index (Phi) is 6.92. The standard InChI is InChI=1S/C20H25FN2O4S2/c1-14(15-5-6-19(27-2)18(21)10-15)22-11-20(24)23(12-17-4-3-8-28-17)16-7-9-29(25,26)13-16/h3-6,8,10,14,16,22H,7,9,11-13H2,1-2H3. The predicted octanol–water partition coefficient (Wildman–Crippen LogP) is 2.76. The van der Waals surface area contributed by atoms with E-state index in [0.717, 1.165) is 4.88 Å². The summed E-state index contributed by atoms with van der Waals surface area (Å²) < 4.78 is 42.7. The van der Waals surface area contributed by atoms with E-state index in [0.29, 0.717) is 18.5 Å². The molecule has 2 heterocycles. The van der Waals surface area contributed by atoms with Gasteiger partial charge in [-0.05, 0) is 42.5 Å². The molecule has 1 N–H and O–H groups in total. The van der Waals surface area contributed by atoms with Gasteiger partial charge in [0.2, 0.25) is 5.91 Å². The first-order valence-corrected chi connectivity index (χ1v) is 12.1. The van der Waals surface area contributed by atoms with Crippen molar-refractivity contribution in [2.24, 2.45) is 0 Å². The SMILES string of the molecule is COc1ccc(C(C)NCC(=O)N(Cc2cccs2)C2CCS(=O)(=O)C2)cc1F. The smallest absolute Gasteiger partial charge is 0.237 e. The highest BCUT2D eigenvalue weighted by Crippen LogP contribution is 2.23. The second-order valence-electron chi connectivity index (χ2n) is 7.15. The fourth-order valence-electron chi connectivity index (χ4n) is 3.42. The largest absolute Gasteiger partial charge is 0.494 e. The third-order valence-corrected chi connectivity index (χ3v) is 7.72. The number of thiophene rings is 1. The van der Waals surface area contributed by atoms with Crippen LogP contribution < -0.4 is 10.1 Å². The highest BCUT2D eigenvalue weighted by molar-refractivity contribution is 7.91. The van der Waals surface area contributed by atoms with Crippen LogP contribution >= 0.6 is 11.3 Å². The molecule has 1 aliphatic heterocycles. The quantitative estimate of drug-likeness (QED) is 0.683. The zero-order valence-electron chi connectivity index (χ0n) is 16.4. The number of amides is 1. The molecule has 9 heteroatoms. The molecule has 1 amide bonds. The Morgan fingerprint density at radius 2 is 2.21 bits per heavy atom. The van der Waals surface area contributed by atoms with Crippen LogP contribution in [0.4, 0.5) is 4.39 Å². The van der Waals surface area contributed by atoms with Crippen molar-refractivity contribution in [1.82, 2.24) is 10.2 Å². The van der Waals surface area contributed by atoms with Crippen LogP contribution in [0, 0.1) is 5.82 Å². The summed E-state index contributed by atoms with van der Waals surface area (Å²) in [5, 5.41) is 5.06. The van der Waals surface area contributed by atoms with Crippen LogP contribution in [0.25, 0.3) is 0 Å². The summed E-state index contributed by atoms with van der Waals surface area (Å²) in [6.07, 6.45) is 0.457. The molecule has 0 radical (unpaired) electrons. The van der Waals surface area contributed by atoms with E-state index in [1.165, 1.54) is 24.5 Å². The summed E-state index contributed by atoms with van der Waals surface area (Å²) in [6, 6.07) is 7.96. The van der Waals surface area contributed by atoms with Gasteiger partial charge < -0.3 is 15.0 Å². The lowest BCUT2D eigenvalue weighted by Gasteiger charge is -2.28. The van der Waals surface area contributed by atoms with Gasteiger partial charge in [0.05, 0.1) is 31.7 Å². The maximum Gasteiger partial charge on any atom is 0.237 e. The molecule has 2 atom stereocenters. The monoisotopic (exact) mass is 440 g/mol. The average Bonchev–Trinajstić information content (AvgIpc) is 3.32. The molecular formula is C20H25FN2O4S2. The number of carbonyl (C=O) groups excluding carboxylic acids is 1. The second kappa shape index (κ2) is 9.23. The molecule has 1 saturated heterocycles. The molecule has 2 aromatic rings. The van der Waals surface area contributed by atoms with Crippen molar-refractivity contribution in [2.45, 2.75) is 32.0 Å². The van der Waals surface area contributed by atoms with Gasteiger partial charge in [0.1, 0.15) is 0 Å². The second-order valence-corrected chi connectivity index (χ2v) is 10.4. The van der Waals surface area contributed by atoms with Crippen molar-refractivity contribution >= 4 is 27.1 Å². The number of methoxy groups -OCH3 is 1. The molecule has 0 aliphatic carbocycles. The number of sulfone groups is 1. The van der Waals surface area contributed by atoms with Crippen molar-refractivity contribution < 1.29 is 22.3 Å². The van der Waals surface area contributed by atoms with Crippen molar-refractivity contribution in [2.75, 3.05) is 25.2 Å². The highest BCUT2D eigenvalue weighted by Gasteiger charge is 2.34. The van der Waals surface area contributed by atoms with Gasteiger partial charge in [-0.3, -0.25) is 4.79 Å². The zero-order chi connectivity index (χ0) is 21.0. The van der Waals surface area contributed by atoms with E-state index in [1.807, 2.05) is 24.4 Å². The molecular weight excluding hydrogens is 415 g/mol. The van der Waals surface area contributed by atoms with Crippen molar-refractivity contribution in [1.29, 1.82) is 0 Å². The molecule has 1 aromatic heterocycles. The molecule has 1 aliphatic rings. The van der Waals surface area contributed by atoms with Gasteiger partial charge in [-0.25, -0.2) is 12.8 Å². The minimum atomic E-state index is -3.10. The fourth-order valence-corrected chi connectivity index (χ4v) is 5.86. The van der Waals surface area contributed by atoms with E-state index >= 15 is 0 Å². The summed E-state index contributed by atoms with van der Waals surface area (Å²) in [6.45, 7) is 2.28. The van der Waals surface area contributed by atoms with E-state index < -0.39 is 15.7 Å². The Balaban J connectivity index is 1.67. The third kappa shape index (κ3) is 5.55. The highest BCUT2D eigenvalue weighted by atomic mass is 32.2. The van der Waals surface area contributed by atoms with Gasteiger partial charge in [-0.1, -0.05) is 12.1 Å². The summed E-state index contributed by atoms with van der Waals surface area (Å²) >= 11 is 1.54.